The maximum Gasteiger partial charge on any atom is 0.169 e. The second-order valence-electron chi connectivity index (χ2n) is 10.1. The van der Waals surface area contributed by atoms with Crippen molar-refractivity contribution in [2.24, 2.45) is 34.5 Å². The third-order valence-corrected chi connectivity index (χ3v) is 9.12. The third kappa shape index (κ3) is 2.06. The molecule has 1 spiro atoms. The molecule has 0 bridgehead atoms. The van der Waals surface area contributed by atoms with Crippen molar-refractivity contribution in [2.45, 2.75) is 83.8 Å². The average molecular weight is 319 g/mol. The van der Waals surface area contributed by atoms with E-state index in [0.717, 1.165) is 43.3 Å². The van der Waals surface area contributed by atoms with Crippen LogP contribution in [0.25, 0.3) is 0 Å². The first-order valence-electron chi connectivity index (χ1n) is 10.3. The SMILES string of the molecule is C[C@]12CC[C@H]3[C@@H](CC[C@H]4CCCC[C@@]43C)[C@@H]1CC1(C2)OCCO1. The molecule has 0 N–H and O–H groups in total. The van der Waals surface area contributed by atoms with Gasteiger partial charge in [0.25, 0.3) is 0 Å². The minimum Gasteiger partial charge on any atom is -0.348 e. The molecule has 4 saturated carbocycles. The number of hydrogen-bond acceptors (Lipinski definition) is 2. The second-order valence-corrected chi connectivity index (χ2v) is 10.1. The molecule has 4 aliphatic carbocycles. The molecule has 5 rings (SSSR count). The van der Waals surface area contributed by atoms with Crippen LogP contribution in [0.2, 0.25) is 0 Å². The summed E-state index contributed by atoms with van der Waals surface area (Å²) in [4.78, 5) is 0. The fourth-order valence-corrected chi connectivity index (χ4v) is 8.05. The summed E-state index contributed by atoms with van der Waals surface area (Å²) in [5.74, 6) is 3.60. The molecule has 5 aliphatic rings. The lowest BCUT2D eigenvalue weighted by atomic mass is 9.45. The fraction of sp³-hybridized carbons (Fsp3) is 1.00. The van der Waals surface area contributed by atoms with Crippen LogP contribution in [-0.4, -0.2) is 19.0 Å². The van der Waals surface area contributed by atoms with Gasteiger partial charge in [0.05, 0.1) is 13.2 Å². The Labute approximate surface area is 141 Å². The summed E-state index contributed by atoms with van der Waals surface area (Å²) in [6.45, 7) is 6.86. The van der Waals surface area contributed by atoms with Gasteiger partial charge in [-0.1, -0.05) is 26.7 Å². The van der Waals surface area contributed by atoms with Gasteiger partial charge in [-0.3, -0.25) is 0 Å². The first kappa shape index (κ1) is 15.2. The number of hydrogen-bond donors (Lipinski definition) is 0. The maximum absolute atomic E-state index is 6.15. The molecular formula is C21H34O2. The van der Waals surface area contributed by atoms with Crippen LogP contribution >= 0.6 is 0 Å². The molecule has 0 amide bonds. The van der Waals surface area contributed by atoms with Gasteiger partial charge in [-0.15, -0.1) is 0 Å². The van der Waals surface area contributed by atoms with Crippen molar-refractivity contribution in [3.8, 4) is 0 Å². The normalized spacial score (nSPS) is 54.5. The summed E-state index contributed by atoms with van der Waals surface area (Å²) < 4.78 is 12.3. The van der Waals surface area contributed by atoms with Crippen LogP contribution in [0.4, 0.5) is 0 Å². The highest BCUT2D eigenvalue weighted by Gasteiger charge is 2.63. The quantitative estimate of drug-likeness (QED) is 0.614. The lowest BCUT2D eigenvalue weighted by Gasteiger charge is -2.59. The first-order valence-corrected chi connectivity index (χ1v) is 10.3. The number of rotatable bonds is 0. The summed E-state index contributed by atoms with van der Waals surface area (Å²) in [5, 5.41) is 0. The predicted molar refractivity (Wildman–Crippen MR) is 91.0 cm³/mol. The highest BCUT2D eigenvalue weighted by Crippen LogP contribution is 2.68. The van der Waals surface area contributed by atoms with Gasteiger partial charge in [-0.05, 0) is 73.0 Å². The Hall–Kier alpha value is -0.0800. The molecule has 6 atom stereocenters. The van der Waals surface area contributed by atoms with Crippen LogP contribution in [-0.2, 0) is 9.47 Å². The van der Waals surface area contributed by atoms with Crippen molar-refractivity contribution in [2.75, 3.05) is 13.2 Å². The van der Waals surface area contributed by atoms with Crippen molar-refractivity contribution < 1.29 is 9.47 Å². The Bertz CT molecular complexity index is 482. The van der Waals surface area contributed by atoms with E-state index in [4.69, 9.17) is 9.47 Å². The number of fused-ring (bicyclic) bond motifs is 5. The largest absolute Gasteiger partial charge is 0.348 e. The highest BCUT2D eigenvalue weighted by molar-refractivity contribution is 5.10. The Morgan fingerprint density at radius 2 is 1.65 bits per heavy atom. The second kappa shape index (κ2) is 4.97. The smallest absolute Gasteiger partial charge is 0.169 e. The molecular weight excluding hydrogens is 284 g/mol. The zero-order valence-corrected chi connectivity index (χ0v) is 15.1. The third-order valence-electron chi connectivity index (χ3n) is 9.12. The Morgan fingerprint density at radius 3 is 2.48 bits per heavy atom. The summed E-state index contributed by atoms with van der Waals surface area (Å²) in [6.07, 6.45) is 14.2. The monoisotopic (exact) mass is 318 g/mol. The molecule has 0 unspecified atom stereocenters. The van der Waals surface area contributed by atoms with Crippen LogP contribution < -0.4 is 0 Å². The Balaban J connectivity index is 1.45. The van der Waals surface area contributed by atoms with Gasteiger partial charge in [0.15, 0.2) is 5.79 Å². The Morgan fingerprint density at radius 1 is 0.826 bits per heavy atom. The zero-order chi connectivity index (χ0) is 15.7. The molecule has 0 radical (unpaired) electrons. The lowest BCUT2D eigenvalue weighted by molar-refractivity contribution is -0.157. The van der Waals surface area contributed by atoms with Crippen molar-refractivity contribution in [1.82, 2.24) is 0 Å². The van der Waals surface area contributed by atoms with Crippen LogP contribution in [0.1, 0.15) is 78.1 Å². The molecule has 2 nitrogen and oxygen atoms in total. The van der Waals surface area contributed by atoms with Gasteiger partial charge in [0.2, 0.25) is 0 Å². The average Bonchev–Trinajstić information content (AvgIpc) is 3.10. The standard InChI is InChI=1S/C21H34O2/c1-19-10-8-17-16(7-6-15-5-3-4-9-20(15,17)2)18(19)13-21(14-19)22-11-12-23-21/h15-18H,3-14H2,1-2H3/t15-,16-,17+,18+,19-,20+/m1/s1. The molecule has 5 fully saturated rings. The minimum atomic E-state index is -0.196. The van der Waals surface area contributed by atoms with Gasteiger partial charge < -0.3 is 9.47 Å². The van der Waals surface area contributed by atoms with Gasteiger partial charge in [-0.25, -0.2) is 0 Å². The van der Waals surface area contributed by atoms with E-state index in [9.17, 15) is 0 Å². The lowest BCUT2D eigenvalue weighted by Crippen LogP contribution is -2.51. The van der Waals surface area contributed by atoms with Gasteiger partial charge in [0.1, 0.15) is 0 Å². The zero-order valence-electron chi connectivity index (χ0n) is 15.1. The molecule has 1 heterocycles. The summed E-state index contributed by atoms with van der Waals surface area (Å²) in [7, 11) is 0. The van der Waals surface area contributed by atoms with E-state index >= 15 is 0 Å². The van der Waals surface area contributed by atoms with Gasteiger partial charge >= 0.3 is 0 Å². The summed E-state index contributed by atoms with van der Waals surface area (Å²) in [6, 6.07) is 0. The van der Waals surface area contributed by atoms with Crippen LogP contribution in [0, 0.1) is 34.5 Å². The Kier molecular flexibility index (Phi) is 3.29. The van der Waals surface area contributed by atoms with E-state index in [-0.39, 0.29) is 5.79 Å². The van der Waals surface area contributed by atoms with Crippen molar-refractivity contribution in [1.29, 1.82) is 0 Å². The topological polar surface area (TPSA) is 18.5 Å². The molecule has 130 valence electrons. The minimum absolute atomic E-state index is 0.196. The van der Waals surface area contributed by atoms with E-state index in [2.05, 4.69) is 13.8 Å². The summed E-state index contributed by atoms with van der Waals surface area (Å²) >= 11 is 0. The van der Waals surface area contributed by atoms with Crippen LogP contribution in [0.15, 0.2) is 0 Å². The van der Waals surface area contributed by atoms with E-state index in [0.29, 0.717) is 10.8 Å². The molecule has 1 aliphatic heterocycles. The van der Waals surface area contributed by atoms with Crippen molar-refractivity contribution in [3.63, 3.8) is 0 Å². The van der Waals surface area contributed by atoms with E-state index in [1.54, 1.807) is 0 Å². The molecule has 2 heteroatoms. The predicted octanol–water partition coefficient (Wildman–Crippen LogP) is 5.16. The van der Waals surface area contributed by atoms with Crippen molar-refractivity contribution in [3.05, 3.63) is 0 Å². The van der Waals surface area contributed by atoms with E-state index < -0.39 is 0 Å². The van der Waals surface area contributed by atoms with E-state index in [1.807, 2.05) is 0 Å². The molecule has 0 aromatic heterocycles. The van der Waals surface area contributed by atoms with Crippen LogP contribution in [0.5, 0.6) is 0 Å². The maximum atomic E-state index is 6.15. The molecule has 0 aromatic rings. The van der Waals surface area contributed by atoms with Crippen LogP contribution in [0.3, 0.4) is 0 Å². The van der Waals surface area contributed by atoms with Crippen molar-refractivity contribution >= 4 is 0 Å². The van der Waals surface area contributed by atoms with Gasteiger partial charge in [-0.2, -0.15) is 0 Å². The molecule has 1 saturated heterocycles. The number of ether oxygens (including phenoxy) is 2. The first-order chi connectivity index (χ1) is 11.0. The highest BCUT2D eigenvalue weighted by atomic mass is 16.7. The van der Waals surface area contributed by atoms with Gasteiger partial charge in [0, 0.05) is 12.8 Å². The van der Waals surface area contributed by atoms with E-state index in [1.165, 1.54) is 57.8 Å². The summed E-state index contributed by atoms with van der Waals surface area (Å²) in [5.41, 5.74) is 1.12. The fourth-order valence-electron chi connectivity index (χ4n) is 8.05. The molecule has 23 heavy (non-hydrogen) atoms. The molecule has 0 aromatic carbocycles.